The average molecular weight is 209 g/mol. The van der Waals surface area contributed by atoms with Gasteiger partial charge in [-0.05, 0) is 12.1 Å². The molecule has 1 heterocycles. The Morgan fingerprint density at radius 3 is 1.71 bits per heavy atom. The fourth-order valence-corrected chi connectivity index (χ4v) is 0.816. The molecule has 14 heavy (non-hydrogen) atoms. The summed E-state index contributed by atoms with van der Waals surface area (Å²) in [6.07, 6.45) is 4.31. The van der Waals surface area contributed by atoms with Crippen LogP contribution < -0.4 is 5.73 Å². The molecule has 2 rings (SSSR count). The number of nitrogens with zero attached hydrogens (tertiary/aromatic N) is 3. The van der Waals surface area contributed by atoms with Gasteiger partial charge in [0, 0.05) is 0 Å². The molecule has 0 atom stereocenters. The number of aromatic nitrogens is 3. The van der Waals surface area contributed by atoms with Gasteiger partial charge in [-0.15, -0.1) is 0 Å². The third-order valence-electron chi connectivity index (χ3n) is 1.31. The van der Waals surface area contributed by atoms with E-state index >= 15 is 0 Å². The summed E-state index contributed by atoms with van der Waals surface area (Å²) in [5.41, 5.74) is 6.02. The number of benzene rings is 1. The molecule has 0 unspecified atom stereocenters. The van der Waals surface area contributed by atoms with E-state index in [0.29, 0.717) is 10.7 Å². The van der Waals surface area contributed by atoms with Crippen molar-refractivity contribution in [1.82, 2.24) is 15.0 Å². The molecule has 0 saturated carbocycles. The molecule has 0 aliphatic heterocycles. The number of nitrogens with two attached hydrogens (primary N) is 1. The summed E-state index contributed by atoms with van der Waals surface area (Å²) in [5, 5.41) is 0.618. The Balaban J connectivity index is 0.000000146. The van der Waals surface area contributed by atoms with Crippen LogP contribution in [0.4, 0.5) is 5.69 Å². The Labute approximate surface area is 86.8 Å². The van der Waals surface area contributed by atoms with Crippen LogP contribution in [0.2, 0.25) is 5.02 Å². The van der Waals surface area contributed by atoms with Gasteiger partial charge in [-0.1, -0.05) is 23.7 Å². The quantitative estimate of drug-likeness (QED) is 0.671. The third-order valence-corrected chi connectivity index (χ3v) is 1.65. The Bertz CT molecular complexity index is 318. The summed E-state index contributed by atoms with van der Waals surface area (Å²) in [4.78, 5) is 10.7. The first-order valence-corrected chi connectivity index (χ1v) is 4.23. The summed E-state index contributed by atoms with van der Waals surface area (Å²) in [6, 6.07) is 7.22. The highest BCUT2D eigenvalue weighted by Gasteiger charge is 1.87. The highest BCUT2D eigenvalue weighted by molar-refractivity contribution is 6.33. The second-order valence-electron chi connectivity index (χ2n) is 2.32. The first-order chi connectivity index (χ1) is 6.80. The summed E-state index contributed by atoms with van der Waals surface area (Å²) in [6.45, 7) is 0. The molecule has 0 bridgehead atoms. The first kappa shape index (κ1) is 10.4. The van der Waals surface area contributed by atoms with Gasteiger partial charge in [0.2, 0.25) is 0 Å². The monoisotopic (exact) mass is 208 g/mol. The van der Waals surface area contributed by atoms with Crippen LogP contribution in [-0.4, -0.2) is 15.0 Å². The van der Waals surface area contributed by atoms with E-state index in [4.69, 9.17) is 17.3 Å². The third kappa shape index (κ3) is 3.82. The largest absolute Gasteiger partial charge is 0.398 e. The van der Waals surface area contributed by atoms with Gasteiger partial charge >= 0.3 is 0 Å². The predicted molar refractivity (Wildman–Crippen MR) is 55.7 cm³/mol. The van der Waals surface area contributed by atoms with E-state index in [2.05, 4.69) is 15.0 Å². The lowest BCUT2D eigenvalue weighted by atomic mass is 10.3. The Hall–Kier alpha value is -1.68. The van der Waals surface area contributed by atoms with Gasteiger partial charge in [-0.3, -0.25) is 0 Å². The van der Waals surface area contributed by atoms with Crippen molar-refractivity contribution in [2.75, 3.05) is 5.73 Å². The zero-order valence-corrected chi connectivity index (χ0v) is 8.09. The van der Waals surface area contributed by atoms with Crippen molar-refractivity contribution in [3.8, 4) is 0 Å². The molecule has 2 N–H and O–H groups in total. The second kappa shape index (κ2) is 5.88. The molecule has 0 spiro atoms. The van der Waals surface area contributed by atoms with Gasteiger partial charge in [0.15, 0.2) is 0 Å². The zero-order valence-electron chi connectivity index (χ0n) is 7.34. The Morgan fingerprint density at radius 1 is 0.929 bits per heavy atom. The van der Waals surface area contributed by atoms with Gasteiger partial charge in [-0.2, -0.15) is 0 Å². The van der Waals surface area contributed by atoms with Gasteiger partial charge in [-0.25, -0.2) is 15.0 Å². The fraction of sp³-hybridized carbons (Fsp3) is 0. The maximum atomic E-state index is 5.58. The summed E-state index contributed by atoms with van der Waals surface area (Å²) < 4.78 is 0. The minimum absolute atomic E-state index is 0.618. The molecular weight excluding hydrogens is 200 g/mol. The minimum atomic E-state index is 0.618. The molecule has 0 saturated heterocycles. The number of anilines is 1. The van der Waals surface area contributed by atoms with Gasteiger partial charge < -0.3 is 5.73 Å². The first-order valence-electron chi connectivity index (χ1n) is 3.85. The van der Waals surface area contributed by atoms with Crippen LogP contribution in [0.25, 0.3) is 0 Å². The number of hydrogen-bond acceptors (Lipinski definition) is 4. The average Bonchev–Trinajstić information content (AvgIpc) is 2.26. The van der Waals surface area contributed by atoms with E-state index in [1.54, 1.807) is 12.1 Å². The van der Waals surface area contributed by atoms with Crippen molar-refractivity contribution < 1.29 is 0 Å². The number of rotatable bonds is 0. The van der Waals surface area contributed by atoms with Crippen LogP contribution in [0.5, 0.6) is 0 Å². The van der Waals surface area contributed by atoms with Crippen LogP contribution in [0, 0.1) is 0 Å². The molecule has 0 amide bonds. The van der Waals surface area contributed by atoms with Crippen LogP contribution >= 0.6 is 11.6 Å². The van der Waals surface area contributed by atoms with E-state index in [0.717, 1.165) is 0 Å². The topological polar surface area (TPSA) is 64.7 Å². The zero-order chi connectivity index (χ0) is 10.2. The molecule has 2 aromatic rings. The Kier molecular flexibility index (Phi) is 4.37. The van der Waals surface area contributed by atoms with E-state index in [9.17, 15) is 0 Å². The van der Waals surface area contributed by atoms with Crippen molar-refractivity contribution in [2.24, 2.45) is 0 Å². The SMILES string of the molecule is Nc1ccccc1Cl.c1ncncn1. The lowest BCUT2D eigenvalue weighted by molar-refractivity contribution is 1.05. The highest BCUT2D eigenvalue weighted by atomic mass is 35.5. The van der Waals surface area contributed by atoms with E-state index < -0.39 is 0 Å². The van der Waals surface area contributed by atoms with Gasteiger partial charge in [0.1, 0.15) is 19.0 Å². The van der Waals surface area contributed by atoms with E-state index in [1.807, 2.05) is 12.1 Å². The molecule has 0 radical (unpaired) electrons. The maximum Gasteiger partial charge on any atom is 0.119 e. The maximum absolute atomic E-state index is 5.58. The van der Waals surface area contributed by atoms with Crippen molar-refractivity contribution >= 4 is 17.3 Å². The Morgan fingerprint density at radius 2 is 1.43 bits per heavy atom. The van der Waals surface area contributed by atoms with Crippen molar-refractivity contribution in [3.63, 3.8) is 0 Å². The fourth-order valence-electron chi connectivity index (χ4n) is 0.680. The molecule has 0 aliphatic carbocycles. The van der Waals surface area contributed by atoms with Crippen LogP contribution in [0.3, 0.4) is 0 Å². The second-order valence-corrected chi connectivity index (χ2v) is 2.72. The van der Waals surface area contributed by atoms with Crippen molar-refractivity contribution in [3.05, 3.63) is 48.3 Å². The van der Waals surface area contributed by atoms with Crippen molar-refractivity contribution in [2.45, 2.75) is 0 Å². The summed E-state index contributed by atoms with van der Waals surface area (Å²) in [7, 11) is 0. The van der Waals surface area contributed by atoms with E-state index in [1.165, 1.54) is 19.0 Å². The molecule has 1 aromatic heterocycles. The number of para-hydroxylation sites is 1. The van der Waals surface area contributed by atoms with E-state index in [-0.39, 0.29) is 0 Å². The normalized spacial score (nSPS) is 8.64. The summed E-state index contributed by atoms with van der Waals surface area (Å²) in [5.74, 6) is 0. The molecular formula is C9H9ClN4. The van der Waals surface area contributed by atoms with Crippen LogP contribution in [0.1, 0.15) is 0 Å². The van der Waals surface area contributed by atoms with Crippen LogP contribution in [-0.2, 0) is 0 Å². The predicted octanol–water partition coefficient (Wildman–Crippen LogP) is 1.79. The van der Waals surface area contributed by atoms with Crippen molar-refractivity contribution in [1.29, 1.82) is 0 Å². The summed E-state index contributed by atoms with van der Waals surface area (Å²) >= 11 is 5.58. The smallest absolute Gasteiger partial charge is 0.119 e. The molecule has 72 valence electrons. The molecule has 0 fully saturated rings. The molecule has 5 heteroatoms. The molecule has 4 nitrogen and oxygen atoms in total. The minimum Gasteiger partial charge on any atom is -0.398 e. The van der Waals surface area contributed by atoms with Gasteiger partial charge in [0.05, 0.1) is 10.7 Å². The number of nitrogen functional groups attached to an aromatic ring is 1. The lowest BCUT2D eigenvalue weighted by Gasteiger charge is -1.91. The standard InChI is InChI=1S/C6H6ClN.C3H3N3/c7-5-3-1-2-4-6(5)8;1-4-2-6-3-5-1/h1-4H,8H2;1-3H. The molecule has 0 aliphatic rings. The molecule has 1 aromatic carbocycles. The lowest BCUT2D eigenvalue weighted by Crippen LogP contribution is -1.82. The van der Waals surface area contributed by atoms with Gasteiger partial charge in [0.25, 0.3) is 0 Å². The number of halogens is 1. The number of hydrogen-bond donors (Lipinski definition) is 1. The highest BCUT2D eigenvalue weighted by Crippen LogP contribution is 2.15. The van der Waals surface area contributed by atoms with Crippen LogP contribution in [0.15, 0.2) is 43.2 Å².